The summed E-state index contributed by atoms with van der Waals surface area (Å²) in [7, 11) is -3.23. The third-order valence-corrected chi connectivity index (χ3v) is 5.05. The number of ether oxygens (including phenoxy) is 1. The van der Waals surface area contributed by atoms with Crippen LogP contribution in [0.2, 0.25) is 0 Å². The minimum absolute atomic E-state index is 0. The molecule has 0 fully saturated rings. The molecule has 0 spiro atoms. The molecule has 0 aliphatic rings. The van der Waals surface area contributed by atoms with E-state index in [1.807, 2.05) is 6.92 Å². The van der Waals surface area contributed by atoms with E-state index in [1.54, 1.807) is 12.1 Å². The predicted octanol–water partition coefficient (Wildman–Crippen LogP) is 3.16. The van der Waals surface area contributed by atoms with Gasteiger partial charge in [-0.05, 0) is 61.4 Å². The predicted molar refractivity (Wildman–Crippen MR) is 125 cm³/mol. The summed E-state index contributed by atoms with van der Waals surface area (Å²) in [6.07, 6.45) is 1.43. The van der Waals surface area contributed by atoms with Gasteiger partial charge in [-0.3, -0.25) is 4.99 Å². The van der Waals surface area contributed by atoms with E-state index in [2.05, 4.69) is 15.6 Å². The van der Waals surface area contributed by atoms with Crippen molar-refractivity contribution in [3.63, 3.8) is 0 Å². The topological polar surface area (TPSA) is 79.8 Å². The van der Waals surface area contributed by atoms with Crippen LogP contribution in [0.1, 0.15) is 12.5 Å². The van der Waals surface area contributed by atoms with Crippen molar-refractivity contribution in [1.29, 1.82) is 0 Å². The maximum Gasteiger partial charge on any atom is 0.191 e. The number of hydrogen-bond acceptors (Lipinski definition) is 4. The van der Waals surface area contributed by atoms with E-state index in [0.717, 1.165) is 18.4 Å². The van der Waals surface area contributed by atoms with E-state index in [1.165, 1.54) is 18.2 Å². The summed E-state index contributed by atoms with van der Waals surface area (Å²) in [5.41, 5.74) is 0.283. The number of hydrogen-bond donors (Lipinski definition) is 2. The molecule has 0 unspecified atom stereocenters. The normalized spacial score (nSPS) is 11.5. The second-order valence-electron chi connectivity index (χ2n) is 6.27. The standard InChI is InChI=1S/C20H25F2N3O3S.HI/c1-3-23-20(24-11-10-15-14-16(21)4-9-19(15)22)25-12-13-28-17-5-7-18(8-6-17)29(2,26)27;/h4-9,14H,3,10-13H2,1-2H3,(H2,23,24,25);1H. The Bertz CT molecular complexity index is 939. The van der Waals surface area contributed by atoms with E-state index in [0.29, 0.717) is 38.0 Å². The molecular weight excluding hydrogens is 527 g/mol. The Morgan fingerprint density at radius 1 is 1.10 bits per heavy atom. The molecule has 30 heavy (non-hydrogen) atoms. The Hall–Kier alpha value is -1.95. The molecule has 0 amide bonds. The molecule has 0 saturated carbocycles. The molecule has 6 nitrogen and oxygen atoms in total. The van der Waals surface area contributed by atoms with Gasteiger partial charge in [0.2, 0.25) is 0 Å². The number of aliphatic imine (C=N–C) groups is 1. The van der Waals surface area contributed by atoms with Crippen LogP contribution in [0.3, 0.4) is 0 Å². The number of nitrogens with one attached hydrogen (secondary N) is 2. The van der Waals surface area contributed by atoms with E-state index in [9.17, 15) is 17.2 Å². The average molecular weight is 553 g/mol. The Morgan fingerprint density at radius 3 is 2.43 bits per heavy atom. The minimum atomic E-state index is -3.23. The maximum atomic E-state index is 13.6. The Balaban J connectivity index is 0.00000450. The molecule has 166 valence electrons. The largest absolute Gasteiger partial charge is 0.492 e. The van der Waals surface area contributed by atoms with E-state index < -0.39 is 21.5 Å². The van der Waals surface area contributed by atoms with Gasteiger partial charge in [0.15, 0.2) is 15.8 Å². The van der Waals surface area contributed by atoms with Crippen LogP contribution in [0.5, 0.6) is 5.75 Å². The molecule has 0 radical (unpaired) electrons. The first kappa shape index (κ1) is 26.1. The molecule has 2 N–H and O–H groups in total. The van der Waals surface area contributed by atoms with Gasteiger partial charge in [0, 0.05) is 19.3 Å². The molecule has 2 aromatic rings. The quantitative estimate of drug-likeness (QED) is 0.216. The lowest BCUT2D eigenvalue weighted by atomic mass is 10.1. The van der Waals surface area contributed by atoms with Gasteiger partial charge >= 0.3 is 0 Å². The Kier molecular flexibility index (Phi) is 11.0. The van der Waals surface area contributed by atoms with Crippen LogP contribution in [0.15, 0.2) is 52.4 Å². The van der Waals surface area contributed by atoms with Crippen molar-refractivity contribution < 1.29 is 21.9 Å². The Labute approximate surface area is 193 Å². The lowest BCUT2D eigenvalue weighted by Crippen LogP contribution is -2.39. The van der Waals surface area contributed by atoms with Crippen molar-refractivity contribution in [2.75, 3.05) is 32.5 Å². The monoisotopic (exact) mass is 553 g/mol. The fourth-order valence-corrected chi connectivity index (χ4v) is 3.12. The van der Waals surface area contributed by atoms with E-state index >= 15 is 0 Å². The van der Waals surface area contributed by atoms with Crippen molar-refractivity contribution in [2.45, 2.75) is 18.2 Å². The molecule has 0 aliphatic heterocycles. The zero-order valence-electron chi connectivity index (χ0n) is 16.8. The van der Waals surface area contributed by atoms with Crippen LogP contribution in [0.25, 0.3) is 0 Å². The highest BCUT2D eigenvalue weighted by atomic mass is 127. The van der Waals surface area contributed by atoms with Crippen molar-refractivity contribution >= 4 is 39.8 Å². The number of guanidine groups is 1. The maximum absolute atomic E-state index is 13.6. The molecule has 0 aromatic heterocycles. The summed E-state index contributed by atoms with van der Waals surface area (Å²) >= 11 is 0. The summed E-state index contributed by atoms with van der Waals surface area (Å²) in [4.78, 5) is 4.58. The van der Waals surface area contributed by atoms with Crippen LogP contribution < -0.4 is 15.4 Å². The van der Waals surface area contributed by atoms with E-state index in [-0.39, 0.29) is 40.9 Å². The molecular formula is C20H26F2IN3O3S. The van der Waals surface area contributed by atoms with Crippen molar-refractivity contribution in [2.24, 2.45) is 4.99 Å². The number of nitrogens with zero attached hydrogens (tertiary/aromatic N) is 1. The van der Waals surface area contributed by atoms with Gasteiger partial charge in [0.25, 0.3) is 0 Å². The summed E-state index contributed by atoms with van der Waals surface area (Å²) in [5.74, 6) is 0.176. The SMILES string of the molecule is CCNC(=NCCc1cc(F)ccc1F)NCCOc1ccc(S(C)(=O)=O)cc1.I. The number of rotatable bonds is 9. The fourth-order valence-electron chi connectivity index (χ4n) is 2.49. The molecule has 0 bridgehead atoms. The van der Waals surface area contributed by atoms with E-state index in [4.69, 9.17) is 4.74 Å². The van der Waals surface area contributed by atoms with Crippen LogP contribution >= 0.6 is 24.0 Å². The summed E-state index contributed by atoms with van der Waals surface area (Å²) < 4.78 is 55.3. The first-order valence-corrected chi connectivity index (χ1v) is 11.1. The van der Waals surface area contributed by atoms with Crippen LogP contribution in [-0.4, -0.2) is 46.9 Å². The zero-order valence-corrected chi connectivity index (χ0v) is 20.0. The Morgan fingerprint density at radius 2 is 1.80 bits per heavy atom. The molecule has 2 aromatic carbocycles. The second kappa shape index (κ2) is 12.7. The smallest absolute Gasteiger partial charge is 0.191 e. The zero-order chi connectivity index (χ0) is 21.3. The van der Waals surface area contributed by atoms with Gasteiger partial charge in [0.05, 0.1) is 11.4 Å². The third-order valence-electron chi connectivity index (χ3n) is 3.92. The van der Waals surface area contributed by atoms with Crippen molar-refractivity contribution in [3.8, 4) is 5.75 Å². The molecule has 0 heterocycles. The van der Waals surface area contributed by atoms with Crippen LogP contribution in [0.4, 0.5) is 8.78 Å². The molecule has 0 aliphatic carbocycles. The first-order valence-electron chi connectivity index (χ1n) is 9.18. The second-order valence-corrected chi connectivity index (χ2v) is 8.28. The molecule has 0 atom stereocenters. The number of sulfone groups is 1. The van der Waals surface area contributed by atoms with Gasteiger partial charge in [0.1, 0.15) is 24.0 Å². The highest BCUT2D eigenvalue weighted by Crippen LogP contribution is 2.15. The lowest BCUT2D eigenvalue weighted by Gasteiger charge is -2.12. The number of halogens is 3. The van der Waals surface area contributed by atoms with Crippen molar-refractivity contribution in [3.05, 3.63) is 59.7 Å². The lowest BCUT2D eigenvalue weighted by molar-refractivity contribution is 0.321. The highest BCUT2D eigenvalue weighted by molar-refractivity contribution is 14.0. The molecule has 10 heteroatoms. The van der Waals surface area contributed by atoms with Gasteiger partial charge in [-0.1, -0.05) is 0 Å². The third kappa shape index (κ3) is 8.82. The van der Waals surface area contributed by atoms with Gasteiger partial charge in [-0.15, -0.1) is 24.0 Å². The van der Waals surface area contributed by atoms with Crippen LogP contribution in [-0.2, 0) is 16.3 Å². The van der Waals surface area contributed by atoms with Crippen LogP contribution in [0, 0.1) is 11.6 Å². The fraction of sp³-hybridized carbons (Fsp3) is 0.350. The van der Waals surface area contributed by atoms with Crippen molar-refractivity contribution in [1.82, 2.24) is 10.6 Å². The molecule has 2 rings (SSSR count). The van der Waals surface area contributed by atoms with Gasteiger partial charge in [-0.25, -0.2) is 17.2 Å². The number of benzene rings is 2. The highest BCUT2D eigenvalue weighted by Gasteiger charge is 2.07. The summed E-state index contributed by atoms with van der Waals surface area (Å²) in [6.45, 7) is 3.65. The average Bonchev–Trinajstić information content (AvgIpc) is 2.67. The summed E-state index contributed by atoms with van der Waals surface area (Å²) in [6, 6.07) is 9.56. The molecule has 0 saturated heterocycles. The van der Waals surface area contributed by atoms with Gasteiger partial charge < -0.3 is 15.4 Å². The summed E-state index contributed by atoms with van der Waals surface area (Å²) in [5, 5.41) is 6.16. The minimum Gasteiger partial charge on any atom is -0.492 e. The first-order chi connectivity index (χ1) is 13.8. The van der Waals surface area contributed by atoms with Gasteiger partial charge in [-0.2, -0.15) is 0 Å².